The molecule has 1 aliphatic rings. The second-order valence-electron chi connectivity index (χ2n) is 4.76. The first-order chi connectivity index (χ1) is 7.83. The lowest BCUT2D eigenvalue weighted by atomic mass is 10.1. The normalized spacial score (nSPS) is 18.2. The molecule has 0 aromatic rings. The summed E-state index contributed by atoms with van der Waals surface area (Å²) in [6, 6.07) is 0. The standard InChI is InChI=1S/C13H28N2O/c1-3-16-13-12-14(2)8-7-11-15-9-5-4-6-10-15/h3-13H2,1-2H3. The summed E-state index contributed by atoms with van der Waals surface area (Å²) in [5.41, 5.74) is 0. The minimum absolute atomic E-state index is 0.835. The fourth-order valence-corrected chi connectivity index (χ4v) is 2.22. The molecule has 0 aliphatic carbocycles. The zero-order valence-corrected chi connectivity index (χ0v) is 11.1. The van der Waals surface area contributed by atoms with Crippen LogP contribution < -0.4 is 0 Å². The van der Waals surface area contributed by atoms with Gasteiger partial charge >= 0.3 is 0 Å². The summed E-state index contributed by atoms with van der Waals surface area (Å²) in [5, 5.41) is 0. The molecule has 0 amide bonds. The van der Waals surface area contributed by atoms with E-state index in [9.17, 15) is 0 Å². The van der Waals surface area contributed by atoms with E-state index < -0.39 is 0 Å². The van der Waals surface area contributed by atoms with Crippen molar-refractivity contribution in [2.75, 3.05) is 53.0 Å². The predicted octanol–water partition coefficient (Wildman–Crippen LogP) is 1.83. The smallest absolute Gasteiger partial charge is 0.0593 e. The molecular formula is C13H28N2O. The average Bonchev–Trinajstić information content (AvgIpc) is 2.31. The van der Waals surface area contributed by atoms with Crippen LogP contribution in [0.25, 0.3) is 0 Å². The molecule has 0 saturated carbocycles. The van der Waals surface area contributed by atoms with Crippen molar-refractivity contribution in [1.82, 2.24) is 9.80 Å². The van der Waals surface area contributed by atoms with Crippen LogP contribution in [0.1, 0.15) is 32.6 Å². The molecule has 16 heavy (non-hydrogen) atoms. The number of likely N-dealkylation sites (tertiary alicyclic amines) is 1. The van der Waals surface area contributed by atoms with Crippen LogP contribution in [0.5, 0.6) is 0 Å². The highest BCUT2D eigenvalue weighted by Gasteiger charge is 2.09. The van der Waals surface area contributed by atoms with Crippen molar-refractivity contribution in [3.63, 3.8) is 0 Å². The molecule has 1 fully saturated rings. The summed E-state index contributed by atoms with van der Waals surface area (Å²) in [6.45, 7) is 9.94. The van der Waals surface area contributed by atoms with Gasteiger partial charge in [-0.15, -0.1) is 0 Å². The number of hydrogen-bond acceptors (Lipinski definition) is 3. The average molecular weight is 228 g/mol. The maximum absolute atomic E-state index is 5.35. The molecule has 1 rings (SSSR count). The van der Waals surface area contributed by atoms with E-state index in [1.807, 2.05) is 0 Å². The van der Waals surface area contributed by atoms with Gasteiger partial charge in [0.2, 0.25) is 0 Å². The molecule has 3 heteroatoms. The van der Waals surface area contributed by atoms with Gasteiger partial charge in [0.25, 0.3) is 0 Å². The van der Waals surface area contributed by atoms with Crippen LogP contribution in [0, 0.1) is 0 Å². The first kappa shape index (κ1) is 13.9. The first-order valence-corrected chi connectivity index (χ1v) is 6.81. The Morgan fingerprint density at radius 3 is 2.56 bits per heavy atom. The van der Waals surface area contributed by atoms with Crippen LogP contribution in [-0.2, 0) is 4.74 Å². The predicted molar refractivity (Wildman–Crippen MR) is 68.9 cm³/mol. The third kappa shape index (κ3) is 6.46. The van der Waals surface area contributed by atoms with Crippen molar-refractivity contribution in [1.29, 1.82) is 0 Å². The molecule has 3 nitrogen and oxygen atoms in total. The van der Waals surface area contributed by atoms with Gasteiger partial charge in [-0.25, -0.2) is 0 Å². The fraction of sp³-hybridized carbons (Fsp3) is 1.00. The number of likely N-dealkylation sites (N-methyl/N-ethyl adjacent to an activating group) is 1. The van der Waals surface area contributed by atoms with E-state index in [1.165, 1.54) is 51.9 Å². The molecule has 0 unspecified atom stereocenters. The molecule has 0 atom stereocenters. The Balaban J connectivity index is 1.92. The number of ether oxygens (including phenoxy) is 1. The van der Waals surface area contributed by atoms with Crippen molar-refractivity contribution < 1.29 is 4.74 Å². The Kier molecular flexibility index (Phi) is 7.81. The molecule has 0 aromatic carbocycles. The third-order valence-electron chi connectivity index (χ3n) is 3.28. The van der Waals surface area contributed by atoms with Gasteiger partial charge in [0.1, 0.15) is 0 Å². The lowest BCUT2D eigenvalue weighted by Crippen LogP contribution is -2.33. The number of nitrogens with zero attached hydrogens (tertiary/aromatic N) is 2. The SMILES string of the molecule is CCOCCN(C)CCCN1CCCCC1. The van der Waals surface area contributed by atoms with E-state index in [0.717, 1.165) is 19.8 Å². The topological polar surface area (TPSA) is 15.7 Å². The van der Waals surface area contributed by atoms with Gasteiger partial charge in [-0.3, -0.25) is 0 Å². The second-order valence-corrected chi connectivity index (χ2v) is 4.76. The molecule has 1 aliphatic heterocycles. The molecule has 1 saturated heterocycles. The first-order valence-electron chi connectivity index (χ1n) is 6.81. The van der Waals surface area contributed by atoms with Crippen molar-refractivity contribution in [3.8, 4) is 0 Å². The van der Waals surface area contributed by atoms with Gasteiger partial charge in [0.15, 0.2) is 0 Å². The fourth-order valence-electron chi connectivity index (χ4n) is 2.22. The summed E-state index contributed by atoms with van der Waals surface area (Å²) < 4.78 is 5.35. The van der Waals surface area contributed by atoms with Gasteiger partial charge in [0.05, 0.1) is 6.61 Å². The molecule has 96 valence electrons. The van der Waals surface area contributed by atoms with E-state index in [1.54, 1.807) is 0 Å². The summed E-state index contributed by atoms with van der Waals surface area (Å²) in [4.78, 5) is 4.99. The Morgan fingerprint density at radius 2 is 1.88 bits per heavy atom. The minimum atomic E-state index is 0.835. The van der Waals surface area contributed by atoms with Crippen LogP contribution in [0.15, 0.2) is 0 Å². The minimum Gasteiger partial charge on any atom is -0.380 e. The largest absolute Gasteiger partial charge is 0.380 e. The van der Waals surface area contributed by atoms with Crippen molar-refractivity contribution in [3.05, 3.63) is 0 Å². The maximum atomic E-state index is 5.35. The Bertz CT molecular complexity index is 158. The van der Waals surface area contributed by atoms with Crippen molar-refractivity contribution in [2.45, 2.75) is 32.6 Å². The summed E-state index contributed by atoms with van der Waals surface area (Å²) in [6.07, 6.45) is 5.54. The van der Waals surface area contributed by atoms with Gasteiger partial charge in [-0.1, -0.05) is 6.42 Å². The van der Waals surface area contributed by atoms with E-state index in [-0.39, 0.29) is 0 Å². The number of piperidine rings is 1. The molecule has 0 bridgehead atoms. The molecule has 0 spiro atoms. The monoisotopic (exact) mass is 228 g/mol. The van der Waals surface area contributed by atoms with Gasteiger partial charge in [-0.2, -0.15) is 0 Å². The summed E-state index contributed by atoms with van der Waals surface area (Å²) in [5.74, 6) is 0. The van der Waals surface area contributed by atoms with E-state index in [4.69, 9.17) is 4.74 Å². The Labute approximate surface area is 101 Å². The van der Waals surface area contributed by atoms with Crippen LogP contribution in [0.3, 0.4) is 0 Å². The van der Waals surface area contributed by atoms with Crippen LogP contribution in [-0.4, -0.2) is 62.8 Å². The van der Waals surface area contributed by atoms with Gasteiger partial charge < -0.3 is 14.5 Å². The van der Waals surface area contributed by atoms with Crippen LogP contribution in [0.4, 0.5) is 0 Å². The highest BCUT2D eigenvalue weighted by atomic mass is 16.5. The van der Waals surface area contributed by atoms with Crippen molar-refractivity contribution in [2.24, 2.45) is 0 Å². The summed E-state index contributed by atoms with van der Waals surface area (Å²) >= 11 is 0. The van der Waals surface area contributed by atoms with Crippen molar-refractivity contribution >= 4 is 0 Å². The van der Waals surface area contributed by atoms with Gasteiger partial charge in [0, 0.05) is 13.2 Å². The zero-order chi connectivity index (χ0) is 11.6. The highest BCUT2D eigenvalue weighted by molar-refractivity contribution is 4.65. The zero-order valence-electron chi connectivity index (χ0n) is 11.1. The molecule has 1 heterocycles. The highest BCUT2D eigenvalue weighted by Crippen LogP contribution is 2.08. The van der Waals surface area contributed by atoms with Crippen LogP contribution in [0.2, 0.25) is 0 Å². The number of rotatable bonds is 8. The van der Waals surface area contributed by atoms with Crippen LogP contribution >= 0.6 is 0 Å². The quantitative estimate of drug-likeness (QED) is 0.590. The number of hydrogen-bond donors (Lipinski definition) is 0. The Morgan fingerprint density at radius 1 is 1.12 bits per heavy atom. The molecule has 0 radical (unpaired) electrons. The molecule has 0 N–H and O–H groups in total. The van der Waals surface area contributed by atoms with E-state index in [2.05, 4.69) is 23.8 Å². The second kappa shape index (κ2) is 8.97. The third-order valence-corrected chi connectivity index (χ3v) is 3.28. The lowest BCUT2D eigenvalue weighted by Gasteiger charge is -2.27. The maximum Gasteiger partial charge on any atom is 0.0593 e. The van der Waals surface area contributed by atoms with Gasteiger partial charge in [-0.05, 0) is 59.4 Å². The van der Waals surface area contributed by atoms with E-state index in [0.29, 0.717) is 0 Å². The summed E-state index contributed by atoms with van der Waals surface area (Å²) in [7, 11) is 2.19. The lowest BCUT2D eigenvalue weighted by molar-refractivity contribution is 0.119. The molecule has 0 aromatic heterocycles. The Hall–Kier alpha value is -0.120. The van der Waals surface area contributed by atoms with E-state index >= 15 is 0 Å². The molecular weight excluding hydrogens is 200 g/mol.